The molecule has 0 amide bonds. The molecule has 6 nitrogen and oxygen atoms in total. The second kappa shape index (κ2) is 12.6. The van der Waals surface area contributed by atoms with Crippen LogP contribution in [0.2, 0.25) is 0 Å². The summed E-state index contributed by atoms with van der Waals surface area (Å²) in [6, 6.07) is 19.2. The zero-order chi connectivity index (χ0) is 20.3. The summed E-state index contributed by atoms with van der Waals surface area (Å²) in [6.45, 7) is 1.68. The van der Waals surface area contributed by atoms with Gasteiger partial charge >= 0.3 is 0 Å². The molecular weight excluding hydrogens is 498 g/mol. The van der Waals surface area contributed by atoms with Crippen LogP contribution >= 0.6 is 24.0 Å². The molecule has 0 aliphatic rings. The summed E-state index contributed by atoms with van der Waals surface area (Å²) in [5.74, 6) is 2.16. The van der Waals surface area contributed by atoms with E-state index in [1.807, 2.05) is 42.5 Å². The highest BCUT2D eigenvalue weighted by atomic mass is 127. The Morgan fingerprint density at radius 1 is 1.00 bits per heavy atom. The number of pyridine rings is 1. The molecule has 0 spiro atoms. The number of hydrogen-bond donors (Lipinski definition) is 2. The summed E-state index contributed by atoms with van der Waals surface area (Å²) in [5, 5.41) is 6.43. The maximum atomic E-state index is 13.0. The van der Waals surface area contributed by atoms with E-state index in [-0.39, 0.29) is 29.8 Å². The van der Waals surface area contributed by atoms with Gasteiger partial charge in [0.1, 0.15) is 23.9 Å². The molecule has 158 valence electrons. The standard InChI is InChI=1S/C22H23FN4O2.HI/c1-24-22(26-13-14-28-19-5-3-2-4-6-19)27-16-17-11-12-25-21(15-17)29-20-9-7-18(23)8-10-20;/h2-12,15H,13-14,16H2,1H3,(H2,24,26,27);1H. The van der Waals surface area contributed by atoms with Crippen LogP contribution < -0.4 is 20.1 Å². The summed E-state index contributed by atoms with van der Waals surface area (Å²) in [6.07, 6.45) is 1.67. The molecule has 3 aromatic rings. The van der Waals surface area contributed by atoms with Crippen LogP contribution in [0.5, 0.6) is 17.4 Å². The molecule has 0 aliphatic heterocycles. The Hall–Kier alpha value is -2.88. The number of ether oxygens (including phenoxy) is 2. The first kappa shape index (κ1) is 23.4. The van der Waals surface area contributed by atoms with Crippen molar-refractivity contribution in [1.82, 2.24) is 15.6 Å². The molecule has 8 heteroatoms. The van der Waals surface area contributed by atoms with Gasteiger partial charge < -0.3 is 20.1 Å². The molecule has 0 radical (unpaired) electrons. The third-order valence-electron chi connectivity index (χ3n) is 3.93. The predicted octanol–water partition coefficient (Wildman–Crippen LogP) is 4.38. The quantitative estimate of drug-likeness (QED) is 0.199. The molecule has 3 rings (SSSR count). The van der Waals surface area contributed by atoms with Crippen molar-refractivity contribution in [3.63, 3.8) is 0 Å². The van der Waals surface area contributed by atoms with Crippen molar-refractivity contribution in [3.8, 4) is 17.4 Å². The highest BCUT2D eigenvalue weighted by molar-refractivity contribution is 14.0. The number of aromatic nitrogens is 1. The van der Waals surface area contributed by atoms with Crippen molar-refractivity contribution in [1.29, 1.82) is 0 Å². The summed E-state index contributed by atoms with van der Waals surface area (Å²) < 4.78 is 24.3. The van der Waals surface area contributed by atoms with Gasteiger partial charge in [0, 0.05) is 25.9 Å². The van der Waals surface area contributed by atoms with Crippen LogP contribution in [-0.2, 0) is 6.54 Å². The minimum Gasteiger partial charge on any atom is -0.492 e. The van der Waals surface area contributed by atoms with Crippen LogP contribution in [0.3, 0.4) is 0 Å². The van der Waals surface area contributed by atoms with Crippen molar-refractivity contribution in [2.75, 3.05) is 20.2 Å². The van der Waals surface area contributed by atoms with E-state index in [1.54, 1.807) is 25.4 Å². The third-order valence-corrected chi connectivity index (χ3v) is 3.93. The number of rotatable bonds is 8. The lowest BCUT2D eigenvalue weighted by Gasteiger charge is -2.13. The summed E-state index contributed by atoms with van der Waals surface area (Å²) >= 11 is 0. The second-order valence-corrected chi connectivity index (χ2v) is 6.07. The predicted molar refractivity (Wildman–Crippen MR) is 126 cm³/mol. The van der Waals surface area contributed by atoms with Gasteiger partial charge in [0.25, 0.3) is 0 Å². The lowest BCUT2D eigenvalue weighted by molar-refractivity contribution is 0.322. The number of guanidine groups is 1. The third kappa shape index (κ3) is 7.86. The average molecular weight is 522 g/mol. The van der Waals surface area contributed by atoms with Crippen molar-refractivity contribution in [2.24, 2.45) is 4.99 Å². The maximum absolute atomic E-state index is 13.0. The normalized spacial score (nSPS) is 10.7. The van der Waals surface area contributed by atoms with Crippen LogP contribution in [0.15, 0.2) is 77.9 Å². The minimum absolute atomic E-state index is 0. The van der Waals surface area contributed by atoms with Crippen molar-refractivity contribution >= 4 is 29.9 Å². The molecule has 0 fully saturated rings. The molecule has 0 unspecified atom stereocenters. The first-order valence-corrected chi connectivity index (χ1v) is 9.23. The molecule has 1 aromatic heterocycles. The number of hydrogen-bond acceptors (Lipinski definition) is 4. The average Bonchev–Trinajstić information content (AvgIpc) is 2.76. The Morgan fingerprint density at radius 3 is 2.50 bits per heavy atom. The topological polar surface area (TPSA) is 67.8 Å². The van der Waals surface area contributed by atoms with E-state index in [9.17, 15) is 4.39 Å². The van der Waals surface area contributed by atoms with Crippen LogP contribution in [-0.4, -0.2) is 31.1 Å². The Kier molecular flexibility index (Phi) is 9.85. The van der Waals surface area contributed by atoms with Crippen molar-refractivity contribution < 1.29 is 13.9 Å². The highest BCUT2D eigenvalue weighted by Crippen LogP contribution is 2.20. The highest BCUT2D eigenvalue weighted by Gasteiger charge is 2.03. The minimum atomic E-state index is -0.309. The SMILES string of the molecule is CN=C(NCCOc1ccccc1)NCc1ccnc(Oc2ccc(F)cc2)c1.I. The molecule has 1 heterocycles. The number of halogens is 2. The van der Waals surface area contributed by atoms with Gasteiger partial charge in [-0.15, -0.1) is 24.0 Å². The monoisotopic (exact) mass is 522 g/mol. The van der Waals surface area contributed by atoms with E-state index < -0.39 is 0 Å². The van der Waals surface area contributed by atoms with E-state index in [1.165, 1.54) is 12.1 Å². The largest absolute Gasteiger partial charge is 0.492 e. The van der Waals surface area contributed by atoms with Gasteiger partial charge in [0.2, 0.25) is 5.88 Å². The van der Waals surface area contributed by atoms with Crippen LogP contribution in [0.4, 0.5) is 4.39 Å². The number of nitrogens with zero attached hydrogens (tertiary/aromatic N) is 2. The maximum Gasteiger partial charge on any atom is 0.219 e. The first-order valence-electron chi connectivity index (χ1n) is 9.23. The van der Waals surface area contributed by atoms with Gasteiger partial charge in [0.05, 0.1) is 6.54 Å². The van der Waals surface area contributed by atoms with Crippen molar-refractivity contribution in [3.05, 3.63) is 84.3 Å². The summed E-state index contributed by atoms with van der Waals surface area (Å²) in [5.41, 5.74) is 0.973. The molecule has 0 saturated carbocycles. The van der Waals surface area contributed by atoms with E-state index in [0.717, 1.165) is 11.3 Å². The zero-order valence-electron chi connectivity index (χ0n) is 16.5. The van der Waals surface area contributed by atoms with Gasteiger partial charge in [-0.2, -0.15) is 0 Å². The Morgan fingerprint density at radius 2 is 1.77 bits per heavy atom. The van der Waals surface area contributed by atoms with Gasteiger partial charge in [-0.05, 0) is 48.0 Å². The molecule has 0 saturated heterocycles. The number of nitrogens with one attached hydrogen (secondary N) is 2. The van der Waals surface area contributed by atoms with E-state index in [2.05, 4.69) is 20.6 Å². The van der Waals surface area contributed by atoms with Crippen LogP contribution in [0.25, 0.3) is 0 Å². The van der Waals surface area contributed by atoms with Gasteiger partial charge in [-0.1, -0.05) is 18.2 Å². The molecule has 0 aliphatic carbocycles. The van der Waals surface area contributed by atoms with Crippen LogP contribution in [0.1, 0.15) is 5.56 Å². The van der Waals surface area contributed by atoms with Crippen LogP contribution in [0, 0.1) is 5.82 Å². The fourth-order valence-electron chi connectivity index (χ4n) is 2.50. The molecule has 0 atom stereocenters. The van der Waals surface area contributed by atoms with E-state index in [0.29, 0.717) is 37.3 Å². The molecule has 2 N–H and O–H groups in total. The Labute approximate surface area is 192 Å². The van der Waals surface area contributed by atoms with E-state index >= 15 is 0 Å². The molecular formula is C22H24FIN4O2. The summed E-state index contributed by atoms with van der Waals surface area (Å²) in [4.78, 5) is 8.39. The number of para-hydroxylation sites is 1. The fraction of sp³-hybridized carbons (Fsp3) is 0.182. The van der Waals surface area contributed by atoms with Gasteiger partial charge in [-0.25, -0.2) is 9.37 Å². The number of benzene rings is 2. The Bertz CT molecular complexity index is 924. The molecule has 0 bridgehead atoms. The second-order valence-electron chi connectivity index (χ2n) is 6.07. The lowest BCUT2D eigenvalue weighted by Crippen LogP contribution is -2.38. The zero-order valence-corrected chi connectivity index (χ0v) is 18.9. The van der Waals surface area contributed by atoms with E-state index in [4.69, 9.17) is 9.47 Å². The van der Waals surface area contributed by atoms with Gasteiger partial charge in [0.15, 0.2) is 5.96 Å². The smallest absolute Gasteiger partial charge is 0.219 e. The fourth-order valence-corrected chi connectivity index (χ4v) is 2.50. The summed E-state index contributed by atoms with van der Waals surface area (Å²) in [7, 11) is 1.71. The lowest BCUT2D eigenvalue weighted by atomic mass is 10.2. The van der Waals surface area contributed by atoms with Gasteiger partial charge in [-0.3, -0.25) is 4.99 Å². The molecule has 2 aromatic carbocycles. The molecule has 30 heavy (non-hydrogen) atoms. The number of aliphatic imine (C=N–C) groups is 1. The first-order chi connectivity index (χ1) is 14.2. The van der Waals surface area contributed by atoms with Crippen molar-refractivity contribution in [2.45, 2.75) is 6.54 Å². The Balaban J connectivity index is 0.00000320.